The number of hydrogen-bond acceptors (Lipinski definition) is 2. The third-order valence-electron chi connectivity index (χ3n) is 3.32. The molecule has 1 aliphatic rings. The van der Waals surface area contributed by atoms with Crippen LogP contribution in [0.5, 0.6) is 0 Å². The van der Waals surface area contributed by atoms with Gasteiger partial charge in [-0.15, -0.1) is 0 Å². The fraction of sp³-hybridized carbons (Fsp3) is 0.846. The molecule has 1 aliphatic heterocycles. The number of hydrogen-bond donors (Lipinski definition) is 0. The van der Waals surface area contributed by atoms with E-state index in [1.807, 2.05) is 13.8 Å². The summed E-state index contributed by atoms with van der Waals surface area (Å²) in [5, 5.41) is 0. The van der Waals surface area contributed by atoms with Crippen molar-refractivity contribution in [3.05, 3.63) is 0 Å². The summed E-state index contributed by atoms with van der Waals surface area (Å²) >= 11 is 0. The van der Waals surface area contributed by atoms with Crippen LogP contribution < -0.4 is 0 Å². The van der Waals surface area contributed by atoms with E-state index in [4.69, 9.17) is 0 Å². The molecule has 92 valence electrons. The zero-order valence-electron chi connectivity index (χ0n) is 10.7. The summed E-state index contributed by atoms with van der Waals surface area (Å²) in [6, 6.07) is 0. The third-order valence-corrected chi connectivity index (χ3v) is 3.32. The maximum atomic E-state index is 11.9. The smallest absolute Gasteiger partial charge is 0.233 e. The quantitative estimate of drug-likeness (QED) is 0.514. The first-order chi connectivity index (χ1) is 7.57. The summed E-state index contributed by atoms with van der Waals surface area (Å²) in [5.74, 6) is 0.285. The Morgan fingerprint density at radius 3 is 2.44 bits per heavy atom. The van der Waals surface area contributed by atoms with Gasteiger partial charge < -0.3 is 0 Å². The fourth-order valence-electron chi connectivity index (χ4n) is 2.16. The van der Waals surface area contributed by atoms with Crippen molar-refractivity contribution < 1.29 is 9.59 Å². The highest BCUT2D eigenvalue weighted by Crippen LogP contribution is 2.26. The van der Waals surface area contributed by atoms with E-state index in [1.165, 1.54) is 17.7 Å². The second kappa shape index (κ2) is 6.02. The van der Waals surface area contributed by atoms with Crippen molar-refractivity contribution in [3.8, 4) is 0 Å². The molecule has 1 saturated heterocycles. The summed E-state index contributed by atoms with van der Waals surface area (Å²) in [7, 11) is 0. The standard InChI is InChI=1S/C13H23NO2/c1-4-5-6-7-8-14-12(15)9-11(10(2)3)13(14)16/h10-11H,4-9H2,1-3H3. The second-order valence-corrected chi connectivity index (χ2v) is 5.00. The molecular formula is C13H23NO2. The molecule has 0 radical (unpaired) electrons. The third kappa shape index (κ3) is 3.06. The van der Waals surface area contributed by atoms with Crippen LogP contribution in [0.2, 0.25) is 0 Å². The molecule has 3 heteroatoms. The van der Waals surface area contributed by atoms with Gasteiger partial charge >= 0.3 is 0 Å². The van der Waals surface area contributed by atoms with E-state index >= 15 is 0 Å². The van der Waals surface area contributed by atoms with Gasteiger partial charge in [0.05, 0.1) is 0 Å². The topological polar surface area (TPSA) is 37.4 Å². The molecule has 0 aromatic rings. The number of nitrogens with zero attached hydrogens (tertiary/aromatic N) is 1. The number of carbonyl (C=O) groups is 2. The lowest BCUT2D eigenvalue weighted by molar-refractivity contribution is -0.139. The maximum absolute atomic E-state index is 11.9. The van der Waals surface area contributed by atoms with Crippen molar-refractivity contribution >= 4 is 11.8 Å². The fourth-order valence-corrected chi connectivity index (χ4v) is 2.16. The van der Waals surface area contributed by atoms with E-state index < -0.39 is 0 Å². The van der Waals surface area contributed by atoms with Crippen LogP contribution in [0, 0.1) is 11.8 Å². The molecule has 0 spiro atoms. The van der Waals surface area contributed by atoms with Crippen LogP contribution in [0.4, 0.5) is 0 Å². The minimum Gasteiger partial charge on any atom is -0.282 e. The molecule has 1 heterocycles. The summed E-state index contributed by atoms with van der Waals surface area (Å²) in [6.45, 7) is 6.80. The Labute approximate surface area is 98.2 Å². The van der Waals surface area contributed by atoms with Gasteiger partial charge in [0.25, 0.3) is 0 Å². The first-order valence-electron chi connectivity index (χ1n) is 6.42. The van der Waals surface area contributed by atoms with Crippen LogP contribution in [0.15, 0.2) is 0 Å². The highest BCUT2D eigenvalue weighted by molar-refractivity contribution is 6.03. The monoisotopic (exact) mass is 225 g/mol. The zero-order valence-corrected chi connectivity index (χ0v) is 10.7. The van der Waals surface area contributed by atoms with Crippen molar-refractivity contribution in [2.24, 2.45) is 11.8 Å². The number of unbranched alkanes of at least 4 members (excludes halogenated alkanes) is 3. The Morgan fingerprint density at radius 2 is 1.94 bits per heavy atom. The van der Waals surface area contributed by atoms with E-state index in [0.29, 0.717) is 13.0 Å². The molecule has 0 aromatic heterocycles. The normalized spacial score (nSPS) is 21.2. The number of imide groups is 1. The molecule has 0 aliphatic carbocycles. The molecule has 3 nitrogen and oxygen atoms in total. The Morgan fingerprint density at radius 1 is 1.25 bits per heavy atom. The Balaban J connectivity index is 2.42. The lowest BCUT2D eigenvalue weighted by Crippen LogP contribution is -2.32. The minimum atomic E-state index is -0.0707. The molecule has 16 heavy (non-hydrogen) atoms. The lowest BCUT2D eigenvalue weighted by atomic mass is 9.94. The number of amides is 2. The number of rotatable bonds is 6. The minimum absolute atomic E-state index is 0.0280. The van der Waals surface area contributed by atoms with Gasteiger partial charge in [0.2, 0.25) is 11.8 Å². The average Bonchev–Trinajstić information content (AvgIpc) is 2.51. The molecule has 0 saturated carbocycles. The van der Waals surface area contributed by atoms with Crippen LogP contribution >= 0.6 is 0 Å². The average molecular weight is 225 g/mol. The van der Waals surface area contributed by atoms with Gasteiger partial charge in [0.1, 0.15) is 0 Å². The van der Waals surface area contributed by atoms with Gasteiger partial charge in [-0.25, -0.2) is 0 Å². The second-order valence-electron chi connectivity index (χ2n) is 5.00. The van der Waals surface area contributed by atoms with Crippen molar-refractivity contribution in [1.82, 2.24) is 4.90 Å². The van der Waals surface area contributed by atoms with Crippen molar-refractivity contribution in [1.29, 1.82) is 0 Å². The van der Waals surface area contributed by atoms with Crippen LogP contribution in [0.3, 0.4) is 0 Å². The SMILES string of the molecule is CCCCCCN1C(=O)CC(C(C)C)C1=O. The van der Waals surface area contributed by atoms with Gasteiger partial charge in [-0.05, 0) is 12.3 Å². The Hall–Kier alpha value is -0.860. The molecule has 1 unspecified atom stereocenters. The lowest BCUT2D eigenvalue weighted by Gasteiger charge is -2.16. The van der Waals surface area contributed by atoms with Gasteiger partial charge in [0, 0.05) is 18.9 Å². The van der Waals surface area contributed by atoms with Crippen LogP contribution in [-0.2, 0) is 9.59 Å². The largest absolute Gasteiger partial charge is 0.282 e. The molecule has 1 atom stereocenters. The maximum Gasteiger partial charge on any atom is 0.233 e. The van der Waals surface area contributed by atoms with Gasteiger partial charge in [-0.2, -0.15) is 0 Å². The summed E-state index contributed by atoms with van der Waals surface area (Å²) in [5.41, 5.74) is 0. The highest BCUT2D eigenvalue weighted by atomic mass is 16.2. The first kappa shape index (κ1) is 13.2. The van der Waals surface area contributed by atoms with E-state index in [1.54, 1.807) is 0 Å². The summed E-state index contributed by atoms with van der Waals surface area (Å²) in [6.07, 6.45) is 4.85. The van der Waals surface area contributed by atoms with Gasteiger partial charge in [-0.3, -0.25) is 14.5 Å². The van der Waals surface area contributed by atoms with Crippen molar-refractivity contribution in [2.75, 3.05) is 6.54 Å². The van der Waals surface area contributed by atoms with E-state index in [-0.39, 0.29) is 23.7 Å². The summed E-state index contributed by atoms with van der Waals surface area (Å²) in [4.78, 5) is 25.1. The molecule has 0 aromatic carbocycles. The summed E-state index contributed by atoms with van der Waals surface area (Å²) < 4.78 is 0. The van der Waals surface area contributed by atoms with Crippen molar-refractivity contribution in [2.45, 2.75) is 52.9 Å². The van der Waals surface area contributed by atoms with Gasteiger partial charge in [-0.1, -0.05) is 40.0 Å². The molecule has 0 N–H and O–H groups in total. The van der Waals surface area contributed by atoms with Crippen LogP contribution in [0.1, 0.15) is 52.9 Å². The number of carbonyl (C=O) groups excluding carboxylic acids is 2. The molecule has 0 bridgehead atoms. The highest BCUT2D eigenvalue weighted by Gasteiger charge is 2.39. The van der Waals surface area contributed by atoms with E-state index in [9.17, 15) is 9.59 Å². The van der Waals surface area contributed by atoms with E-state index in [0.717, 1.165) is 12.8 Å². The Bertz CT molecular complexity index is 261. The first-order valence-corrected chi connectivity index (χ1v) is 6.42. The zero-order chi connectivity index (χ0) is 12.1. The predicted octanol–water partition coefficient (Wildman–Crippen LogP) is 2.60. The molecule has 2 amide bonds. The van der Waals surface area contributed by atoms with Gasteiger partial charge in [0.15, 0.2) is 0 Å². The Kier molecular flexibility index (Phi) is 4.97. The predicted molar refractivity (Wildman–Crippen MR) is 63.8 cm³/mol. The molecular weight excluding hydrogens is 202 g/mol. The van der Waals surface area contributed by atoms with Crippen LogP contribution in [-0.4, -0.2) is 23.3 Å². The number of likely N-dealkylation sites (tertiary alicyclic amines) is 1. The molecule has 1 fully saturated rings. The van der Waals surface area contributed by atoms with Crippen LogP contribution in [0.25, 0.3) is 0 Å². The van der Waals surface area contributed by atoms with E-state index in [2.05, 4.69) is 6.92 Å². The molecule has 1 rings (SSSR count). The van der Waals surface area contributed by atoms with Crippen molar-refractivity contribution in [3.63, 3.8) is 0 Å².